The number of benzene rings is 2. The molecule has 12 heteroatoms. The molecule has 0 unspecified atom stereocenters. The summed E-state index contributed by atoms with van der Waals surface area (Å²) >= 11 is 0. The van der Waals surface area contributed by atoms with Crippen LogP contribution < -0.4 is 10.2 Å². The number of anilines is 2. The lowest BCUT2D eigenvalue weighted by atomic mass is 9.72. The summed E-state index contributed by atoms with van der Waals surface area (Å²) in [6.45, 7) is 6.48. The predicted octanol–water partition coefficient (Wildman–Crippen LogP) is 5.40. The van der Waals surface area contributed by atoms with Crippen LogP contribution in [0.2, 0.25) is 0 Å². The van der Waals surface area contributed by atoms with E-state index in [1.54, 1.807) is 25.2 Å². The summed E-state index contributed by atoms with van der Waals surface area (Å²) in [5.74, 6) is -1.68. The summed E-state index contributed by atoms with van der Waals surface area (Å²) < 4.78 is 46.0. The highest BCUT2D eigenvalue weighted by atomic mass is 19.3. The van der Waals surface area contributed by atoms with Crippen LogP contribution in [0.25, 0.3) is 11.5 Å². The fraction of sp³-hybridized carbons (Fsp3) is 0.429. The van der Waals surface area contributed by atoms with Crippen LogP contribution in [0.4, 0.5) is 29.3 Å². The normalized spacial score (nSPS) is 16.7. The number of carbonyl (C=O) groups is 1. The van der Waals surface area contributed by atoms with Crippen molar-refractivity contribution in [2.45, 2.75) is 32.7 Å². The van der Waals surface area contributed by atoms with Crippen molar-refractivity contribution in [3.63, 3.8) is 0 Å². The molecule has 2 fully saturated rings. The number of piperidine rings is 1. The number of hydrogen-bond acceptors (Lipinski definition) is 7. The monoisotopic (exact) mass is 555 g/mol. The van der Waals surface area contributed by atoms with Gasteiger partial charge in [0, 0.05) is 67.5 Å². The Morgan fingerprint density at radius 1 is 1.20 bits per heavy atom. The van der Waals surface area contributed by atoms with Crippen molar-refractivity contribution in [1.82, 2.24) is 20.0 Å². The molecular formula is C28H32F3N7O2. The van der Waals surface area contributed by atoms with Gasteiger partial charge < -0.3 is 24.9 Å². The number of urea groups is 1. The Balaban J connectivity index is 1.40. The van der Waals surface area contributed by atoms with Crippen LogP contribution in [0.15, 0.2) is 40.8 Å². The van der Waals surface area contributed by atoms with E-state index in [1.807, 2.05) is 4.90 Å². The second-order valence-electron chi connectivity index (χ2n) is 10.4. The van der Waals surface area contributed by atoms with Crippen molar-refractivity contribution in [3.05, 3.63) is 59.2 Å². The fourth-order valence-electron chi connectivity index (χ4n) is 5.53. The lowest BCUT2D eigenvalue weighted by Gasteiger charge is -2.54. The first-order valence-electron chi connectivity index (χ1n) is 13.3. The zero-order valence-electron chi connectivity index (χ0n) is 22.5. The van der Waals surface area contributed by atoms with Gasteiger partial charge in [0.05, 0.1) is 6.54 Å². The fourth-order valence-corrected chi connectivity index (χ4v) is 5.53. The largest absolute Gasteiger partial charge is 0.415 e. The first kappa shape index (κ1) is 27.6. The average Bonchev–Trinajstić information content (AvgIpc) is 3.45. The Morgan fingerprint density at radius 3 is 2.55 bits per heavy atom. The van der Waals surface area contributed by atoms with Gasteiger partial charge in [-0.05, 0) is 55.1 Å². The Bertz CT molecular complexity index is 1380. The smallest absolute Gasteiger partial charge is 0.324 e. The Hall–Kier alpha value is -3.93. The number of likely N-dealkylation sites (tertiary alicyclic amines) is 2. The molecule has 0 atom stereocenters. The molecule has 2 N–H and O–H groups in total. The van der Waals surface area contributed by atoms with Crippen LogP contribution in [0.1, 0.15) is 43.2 Å². The molecular weight excluding hydrogens is 523 g/mol. The van der Waals surface area contributed by atoms with Gasteiger partial charge >= 0.3 is 12.5 Å². The van der Waals surface area contributed by atoms with Gasteiger partial charge in [0.2, 0.25) is 5.89 Å². The number of hydrogen-bond donors (Lipinski definition) is 2. The van der Waals surface area contributed by atoms with Crippen molar-refractivity contribution in [1.29, 1.82) is 5.41 Å². The third kappa shape index (κ3) is 5.40. The molecule has 0 radical (unpaired) electrons. The van der Waals surface area contributed by atoms with Crippen molar-refractivity contribution >= 4 is 23.6 Å². The van der Waals surface area contributed by atoms with Crippen molar-refractivity contribution in [3.8, 4) is 11.5 Å². The molecule has 2 aliphatic heterocycles. The van der Waals surface area contributed by atoms with Crippen molar-refractivity contribution in [2.24, 2.45) is 5.41 Å². The molecule has 3 heterocycles. The highest BCUT2D eigenvalue weighted by molar-refractivity contribution is 5.94. The zero-order chi connectivity index (χ0) is 28.4. The molecule has 212 valence electrons. The molecule has 2 aliphatic rings. The van der Waals surface area contributed by atoms with Crippen LogP contribution in [0.3, 0.4) is 0 Å². The SMILES string of the molecule is CCN1CC2(CCN(C(=O)N(Cc3ccc(-c4nnc(C(F)F)o4)cc3F)c3ccc(C=N)c(NC)c3)CC2)C1. The predicted molar refractivity (Wildman–Crippen MR) is 145 cm³/mol. The molecule has 5 rings (SSSR count). The maximum absolute atomic E-state index is 15.3. The number of rotatable bonds is 8. The Morgan fingerprint density at radius 2 is 1.95 bits per heavy atom. The third-order valence-electron chi connectivity index (χ3n) is 7.92. The standard InChI is InChI=1S/C28H32F3N7O2/c1-3-36-16-28(17-36)8-10-37(11-9-28)27(39)38(21-7-6-19(14-32)23(13-21)33-2)15-20-5-4-18(12-22(20)29)25-34-35-26(40-25)24(30)31/h4-7,12-14,24,32-33H,3,8-11,15-17H2,1-2H3. The summed E-state index contributed by atoms with van der Waals surface area (Å²) in [4.78, 5) is 19.7. The maximum atomic E-state index is 15.3. The minimum Gasteiger partial charge on any atom is -0.415 e. The molecule has 2 aromatic carbocycles. The van der Waals surface area contributed by atoms with E-state index in [9.17, 15) is 13.6 Å². The van der Waals surface area contributed by atoms with E-state index < -0.39 is 18.1 Å². The summed E-state index contributed by atoms with van der Waals surface area (Å²) in [5, 5.41) is 17.6. The van der Waals surface area contributed by atoms with Crippen molar-refractivity contribution < 1.29 is 22.4 Å². The summed E-state index contributed by atoms with van der Waals surface area (Å²) in [7, 11) is 1.73. The molecule has 1 spiro atoms. The van der Waals surface area contributed by atoms with Gasteiger partial charge in [-0.1, -0.05) is 13.0 Å². The minimum atomic E-state index is -2.92. The molecule has 0 saturated carbocycles. The number of alkyl halides is 2. The van der Waals surface area contributed by atoms with E-state index in [0.717, 1.165) is 38.5 Å². The number of nitrogens with one attached hydrogen (secondary N) is 2. The van der Waals surface area contributed by atoms with Gasteiger partial charge in [-0.25, -0.2) is 9.18 Å². The first-order chi connectivity index (χ1) is 19.3. The topological polar surface area (TPSA) is 102 Å². The first-order valence-corrected chi connectivity index (χ1v) is 13.3. The highest BCUT2D eigenvalue weighted by Crippen LogP contribution is 2.40. The lowest BCUT2D eigenvalue weighted by Crippen LogP contribution is -2.61. The Kier molecular flexibility index (Phi) is 7.79. The van der Waals surface area contributed by atoms with Crippen LogP contribution >= 0.6 is 0 Å². The van der Waals surface area contributed by atoms with Crippen LogP contribution in [-0.2, 0) is 6.54 Å². The summed E-state index contributed by atoms with van der Waals surface area (Å²) in [5.41, 5.74) is 2.54. The van der Waals surface area contributed by atoms with Gasteiger partial charge in [-0.15, -0.1) is 10.2 Å². The third-order valence-corrected chi connectivity index (χ3v) is 7.92. The van der Waals surface area contributed by atoms with Gasteiger partial charge in [0.15, 0.2) is 0 Å². The van der Waals surface area contributed by atoms with E-state index in [0.29, 0.717) is 30.0 Å². The van der Waals surface area contributed by atoms with E-state index in [-0.39, 0.29) is 35.0 Å². The minimum absolute atomic E-state index is 0.0601. The molecule has 2 amide bonds. The number of amides is 2. The average molecular weight is 556 g/mol. The van der Waals surface area contributed by atoms with Crippen LogP contribution in [0, 0.1) is 16.6 Å². The zero-order valence-corrected chi connectivity index (χ0v) is 22.5. The molecule has 2 saturated heterocycles. The van der Waals surface area contributed by atoms with E-state index in [1.165, 1.54) is 23.2 Å². The molecule has 0 aliphatic carbocycles. The van der Waals surface area contributed by atoms with Gasteiger partial charge in [0.1, 0.15) is 5.82 Å². The number of aromatic nitrogens is 2. The summed E-state index contributed by atoms with van der Waals surface area (Å²) in [6.07, 6.45) is 0.141. The van der Waals surface area contributed by atoms with Crippen LogP contribution in [-0.4, -0.2) is 72.0 Å². The molecule has 40 heavy (non-hydrogen) atoms. The van der Waals surface area contributed by atoms with Crippen molar-refractivity contribution in [2.75, 3.05) is 50.0 Å². The van der Waals surface area contributed by atoms with Crippen LogP contribution in [0.5, 0.6) is 0 Å². The van der Waals surface area contributed by atoms with E-state index in [4.69, 9.17) is 9.83 Å². The summed E-state index contributed by atoms with van der Waals surface area (Å²) in [6, 6.07) is 9.15. The van der Waals surface area contributed by atoms with E-state index >= 15 is 4.39 Å². The lowest BCUT2D eigenvalue weighted by molar-refractivity contribution is -0.0357. The quantitative estimate of drug-likeness (QED) is 0.361. The molecule has 1 aromatic heterocycles. The van der Waals surface area contributed by atoms with Gasteiger partial charge in [-0.3, -0.25) is 4.90 Å². The maximum Gasteiger partial charge on any atom is 0.324 e. The highest BCUT2D eigenvalue weighted by Gasteiger charge is 2.45. The van der Waals surface area contributed by atoms with Gasteiger partial charge in [0.25, 0.3) is 5.89 Å². The Labute approximate surface area is 230 Å². The second-order valence-corrected chi connectivity index (χ2v) is 10.4. The molecule has 3 aromatic rings. The number of halogens is 3. The van der Waals surface area contributed by atoms with Gasteiger partial charge in [-0.2, -0.15) is 8.78 Å². The second kappa shape index (κ2) is 11.3. The number of nitrogens with zero attached hydrogens (tertiary/aromatic N) is 5. The molecule has 9 nitrogen and oxygen atoms in total. The number of carbonyl (C=O) groups excluding carboxylic acids is 1. The van der Waals surface area contributed by atoms with E-state index in [2.05, 4.69) is 27.3 Å². The molecule has 0 bridgehead atoms.